The van der Waals surface area contributed by atoms with Gasteiger partial charge in [-0.05, 0) is 36.4 Å². The number of nitrogens with zero attached hydrogens (tertiary/aromatic N) is 4. The molecular formula is C23H22F3N5O4. The Labute approximate surface area is 198 Å². The molecule has 2 N–H and O–H groups in total. The number of hydrogen-bond acceptors (Lipinski definition) is 7. The van der Waals surface area contributed by atoms with E-state index < -0.39 is 17.6 Å². The van der Waals surface area contributed by atoms with Crippen LogP contribution in [0.1, 0.15) is 21.8 Å². The van der Waals surface area contributed by atoms with Gasteiger partial charge in [0, 0.05) is 37.3 Å². The Hall–Kier alpha value is -3.93. The van der Waals surface area contributed by atoms with Gasteiger partial charge in [-0.2, -0.15) is 18.2 Å². The zero-order chi connectivity index (χ0) is 25.0. The molecule has 0 atom stereocenters. The summed E-state index contributed by atoms with van der Waals surface area (Å²) in [6.45, 7) is 2.16. The first-order valence-electron chi connectivity index (χ1n) is 10.7. The minimum atomic E-state index is -4.46. The van der Waals surface area contributed by atoms with Gasteiger partial charge >= 0.3 is 6.18 Å². The SMILES string of the molecule is NC(=O)COc1ccc(C(=O)N2CCN(Cc3nc(-c4cccc(C(F)(F)F)c4)no3)CC2)cc1. The Balaban J connectivity index is 1.30. The van der Waals surface area contributed by atoms with Crippen molar-refractivity contribution >= 4 is 11.8 Å². The van der Waals surface area contributed by atoms with Gasteiger partial charge in [-0.1, -0.05) is 17.3 Å². The monoisotopic (exact) mass is 489 g/mol. The first-order chi connectivity index (χ1) is 16.7. The van der Waals surface area contributed by atoms with Crippen LogP contribution in [0.25, 0.3) is 11.4 Å². The fraction of sp³-hybridized carbons (Fsp3) is 0.304. The van der Waals surface area contributed by atoms with Crippen molar-refractivity contribution in [3.8, 4) is 17.1 Å². The van der Waals surface area contributed by atoms with Crippen LogP contribution in [-0.2, 0) is 17.5 Å². The van der Waals surface area contributed by atoms with Gasteiger partial charge in [0.05, 0.1) is 12.1 Å². The second-order valence-electron chi connectivity index (χ2n) is 7.94. The zero-order valence-corrected chi connectivity index (χ0v) is 18.5. The molecule has 9 nitrogen and oxygen atoms in total. The highest BCUT2D eigenvalue weighted by atomic mass is 19.4. The van der Waals surface area contributed by atoms with Crippen LogP contribution in [-0.4, -0.2) is 64.5 Å². The molecule has 1 fully saturated rings. The molecule has 35 heavy (non-hydrogen) atoms. The summed E-state index contributed by atoms with van der Waals surface area (Å²) >= 11 is 0. The molecule has 1 aliphatic heterocycles. The predicted molar refractivity (Wildman–Crippen MR) is 117 cm³/mol. The van der Waals surface area contributed by atoms with E-state index >= 15 is 0 Å². The van der Waals surface area contributed by atoms with Gasteiger partial charge in [0.2, 0.25) is 11.7 Å². The number of hydrogen-bond donors (Lipinski definition) is 1. The van der Waals surface area contributed by atoms with Crippen LogP contribution in [0.4, 0.5) is 13.2 Å². The number of nitrogens with two attached hydrogens (primary N) is 1. The van der Waals surface area contributed by atoms with Gasteiger partial charge in [0.25, 0.3) is 11.8 Å². The van der Waals surface area contributed by atoms with Crippen LogP contribution in [0, 0.1) is 0 Å². The normalized spacial score (nSPS) is 14.7. The highest BCUT2D eigenvalue weighted by Gasteiger charge is 2.31. The number of rotatable bonds is 7. The molecule has 1 aliphatic rings. The van der Waals surface area contributed by atoms with Crippen molar-refractivity contribution in [1.82, 2.24) is 19.9 Å². The maximum Gasteiger partial charge on any atom is 0.416 e. The van der Waals surface area contributed by atoms with E-state index in [-0.39, 0.29) is 29.8 Å². The summed E-state index contributed by atoms with van der Waals surface area (Å²) in [7, 11) is 0. The number of piperazine rings is 1. The quantitative estimate of drug-likeness (QED) is 0.543. The van der Waals surface area contributed by atoms with Gasteiger partial charge in [-0.3, -0.25) is 14.5 Å². The number of benzene rings is 2. The van der Waals surface area contributed by atoms with E-state index in [0.29, 0.717) is 44.0 Å². The summed E-state index contributed by atoms with van der Waals surface area (Å²) in [5.74, 6) is 0.0901. The van der Waals surface area contributed by atoms with Crippen LogP contribution in [0.2, 0.25) is 0 Å². The number of halogens is 3. The molecule has 0 aliphatic carbocycles. The van der Waals surface area contributed by atoms with Crippen molar-refractivity contribution in [3.63, 3.8) is 0 Å². The molecule has 1 saturated heterocycles. The fourth-order valence-electron chi connectivity index (χ4n) is 3.60. The molecule has 2 amide bonds. The molecule has 2 heterocycles. The number of primary amides is 1. The van der Waals surface area contributed by atoms with Crippen LogP contribution in [0.3, 0.4) is 0 Å². The van der Waals surface area contributed by atoms with Crippen LogP contribution in [0.15, 0.2) is 53.1 Å². The van der Waals surface area contributed by atoms with Gasteiger partial charge in [0.15, 0.2) is 6.61 Å². The Morgan fingerprint density at radius 2 is 1.77 bits per heavy atom. The van der Waals surface area contributed by atoms with Gasteiger partial charge in [-0.25, -0.2) is 0 Å². The third kappa shape index (κ3) is 6.15. The summed E-state index contributed by atoms with van der Waals surface area (Å²) in [6.07, 6.45) is -4.46. The lowest BCUT2D eigenvalue weighted by Crippen LogP contribution is -2.48. The average Bonchev–Trinajstić information content (AvgIpc) is 3.31. The lowest BCUT2D eigenvalue weighted by molar-refractivity contribution is -0.137. The molecule has 184 valence electrons. The van der Waals surface area contributed by atoms with Crippen molar-refractivity contribution in [2.45, 2.75) is 12.7 Å². The average molecular weight is 489 g/mol. The van der Waals surface area contributed by atoms with Gasteiger partial charge < -0.3 is 19.9 Å². The number of carbonyl (C=O) groups excluding carboxylic acids is 2. The van der Waals surface area contributed by atoms with E-state index in [1.54, 1.807) is 29.2 Å². The third-order valence-corrected chi connectivity index (χ3v) is 5.42. The number of amides is 2. The summed E-state index contributed by atoms with van der Waals surface area (Å²) in [5, 5.41) is 3.81. The lowest BCUT2D eigenvalue weighted by Gasteiger charge is -2.34. The van der Waals surface area contributed by atoms with Gasteiger partial charge in [0.1, 0.15) is 5.75 Å². The minimum Gasteiger partial charge on any atom is -0.484 e. The summed E-state index contributed by atoms with van der Waals surface area (Å²) in [4.78, 5) is 31.5. The predicted octanol–water partition coefficient (Wildman–Crippen LogP) is 2.58. The van der Waals surface area contributed by atoms with Crippen LogP contribution >= 0.6 is 0 Å². The van der Waals surface area contributed by atoms with Gasteiger partial charge in [-0.15, -0.1) is 0 Å². The van der Waals surface area contributed by atoms with E-state index in [9.17, 15) is 22.8 Å². The van der Waals surface area contributed by atoms with Crippen molar-refractivity contribution in [2.75, 3.05) is 32.8 Å². The number of ether oxygens (including phenoxy) is 1. The molecule has 0 unspecified atom stereocenters. The smallest absolute Gasteiger partial charge is 0.416 e. The molecule has 0 spiro atoms. The first kappa shape index (κ1) is 24.2. The Bertz CT molecular complexity index is 1190. The highest BCUT2D eigenvalue weighted by molar-refractivity contribution is 5.94. The molecule has 12 heteroatoms. The van der Waals surface area contributed by atoms with Crippen molar-refractivity contribution in [2.24, 2.45) is 5.73 Å². The molecule has 0 radical (unpaired) electrons. The number of aromatic nitrogens is 2. The number of alkyl halides is 3. The minimum absolute atomic E-state index is 0.0863. The zero-order valence-electron chi connectivity index (χ0n) is 18.5. The lowest BCUT2D eigenvalue weighted by atomic mass is 10.1. The van der Waals surface area contributed by atoms with E-state index in [1.807, 2.05) is 4.90 Å². The van der Waals surface area contributed by atoms with Crippen molar-refractivity contribution in [1.29, 1.82) is 0 Å². The third-order valence-electron chi connectivity index (χ3n) is 5.42. The maximum absolute atomic E-state index is 13.0. The standard InChI is InChI=1S/C23H22F3N5O4/c24-23(25,26)17-3-1-2-16(12-17)21-28-20(35-29-21)13-30-8-10-31(11-9-30)22(33)15-4-6-18(7-5-15)34-14-19(27)32/h1-7,12H,8-11,13-14H2,(H2,27,32). The summed E-state index contributed by atoms with van der Waals surface area (Å²) < 4.78 is 49.3. The van der Waals surface area contributed by atoms with E-state index in [1.165, 1.54) is 12.1 Å². The van der Waals surface area contributed by atoms with Crippen molar-refractivity contribution in [3.05, 3.63) is 65.5 Å². The molecule has 0 saturated carbocycles. The van der Waals surface area contributed by atoms with E-state index in [2.05, 4.69) is 10.1 Å². The topological polar surface area (TPSA) is 115 Å². The fourth-order valence-corrected chi connectivity index (χ4v) is 3.60. The molecular weight excluding hydrogens is 467 g/mol. The van der Waals surface area contributed by atoms with Crippen LogP contribution < -0.4 is 10.5 Å². The Morgan fingerprint density at radius 1 is 1.06 bits per heavy atom. The second-order valence-corrected chi connectivity index (χ2v) is 7.94. The summed E-state index contributed by atoms with van der Waals surface area (Å²) in [6, 6.07) is 11.2. The summed E-state index contributed by atoms with van der Waals surface area (Å²) in [5.41, 5.74) is 4.97. The van der Waals surface area contributed by atoms with E-state index in [0.717, 1.165) is 12.1 Å². The first-order valence-corrected chi connectivity index (χ1v) is 10.7. The second kappa shape index (κ2) is 10.1. The Kier molecular flexibility index (Phi) is 7.01. The molecule has 1 aromatic heterocycles. The molecule has 2 aromatic carbocycles. The Morgan fingerprint density at radius 3 is 2.43 bits per heavy atom. The van der Waals surface area contributed by atoms with Crippen molar-refractivity contribution < 1.29 is 32.0 Å². The maximum atomic E-state index is 13.0. The molecule has 4 rings (SSSR count). The largest absolute Gasteiger partial charge is 0.484 e. The van der Waals surface area contributed by atoms with E-state index in [4.69, 9.17) is 15.0 Å². The molecule has 0 bridgehead atoms. The molecule has 3 aromatic rings. The number of carbonyl (C=O) groups is 2. The van der Waals surface area contributed by atoms with Crippen LogP contribution in [0.5, 0.6) is 5.75 Å². The highest BCUT2D eigenvalue weighted by Crippen LogP contribution is 2.31.